The van der Waals surface area contributed by atoms with Crippen LogP contribution in [0, 0.1) is 5.41 Å². The van der Waals surface area contributed by atoms with Crippen molar-refractivity contribution in [3.05, 3.63) is 36.7 Å². The van der Waals surface area contributed by atoms with Crippen molar-refractivity contribution in [1.82, 2.24) is 4.98 Å². The molecule has 0 saturated heterocycles. The van der Waals surface area contributed by atoms with Gasteiger partial charge in [0.05, 0.1) is 0 Å². The molecule has 1 aliphatic carbocycles. The lowest BCUT2D eigenvalue weighted by Gasteiger charge is -2.31. The number of benzene rings is 1. The third kappa shape index (κ3) is 2.53. The first-order valence-electron chi connectivity index (χ1n) is 7.62. The van der Waals surface area contributed by atoms with Crippen molar-refractivity contribution in [2.75, 3.05) is 17.6 Å². The van der Waals surface area contributed by atoms with Gasteiger partial charge in [0.2, 0.25) is 0 Å². The number of nitrogens with zero attached hydrogens (tertiary/aromatic N) is 2. The Kier molecular flexibility index (Phi) is 3.34. The van der Waals surface area contributed by atoms with E-state index < -0.39 is 0 Å². The number of aromatic nitrogens is 1. The summed E-state index contributed by atoms with van der Waals surface area (Å²) in [5.74, 6) is 1.21. The molecule has 0 unspecified atom stereocenters. The lowest BCUT2D eigenvalue weighted by molar-refractivity contribution is 0.359. The molecule has 1 N–H and O–H groups in total. The molecule has 0 amide bonds. The number of thioether (sulfide) groups is 1. The van der Waals surface area contributed by atoms with E-state index in [1.54, 1.807) is 0 Å². The van der Waals surface area contributed by atoms with Crippen LogP contribution in [0.15, 0.2) is 41.7 Å². The quantitative estimate of drug-likeness (QED) is 0.852. The molecule has 4 heteroatoms. The van der Waals surface area contributed by atoms with Crippen LogP contribution in [0.5, 0.6) is 0 Å². The molecule has 0 radical (unpaired) electrons. The van der Waals surface area contributed by atoms with Crippen LogP contribution in [-0.4, -0.2) is 22.4 Å². The van der Waals surface area contributed by atoms with Gasteiger partial charge in [-0.05, 0) is 30.4 Å². The zero-order valence-corrected chi connectivity index (χ0v) is 12.8. The average molecular weight is 297 g/mol. The second kappa shape index (κ2) is 5.34. The van der Waals surface area contributed by atoms with Crippen LogP contribution in [-0.2, 0) is 0 Å². The van der Waals surface area contributed by atoms with E-state index in [9.17, 15) is 0 Å². The highest BCUT2D eigenvalue weighted by molar-refractivity contribution is 8.14. The van der Waals surface area contributed by atoms with Gasteiger partial charge in [0.25, 0.3) is 0 Å². The third-order valence-electron chi connectivity index (χ3n) is 4.66. The van der Waals surface area contributed by atoms with E-state index in [4.69, 9.17) is 4.99 Å². The molecule has 0 atom stereocenters. The molecule has 1 fully saturated rings. The van der Waals surface area contributed by atoms with Gasteiger partial charge in [-0.2, -0.15) is 0 Å². The highest BCUT2D eigenvalue weighted by Gasteiger charge is 2.36. The van der Waals surface area contributed by atoms with Crippen LogP contribution in [0.4, 0.5) is 5.69 Å². The van der Waals surface area contributed by atoms with Gasteiger partial charge in [-0.25, -0.2) is 0 Å². The van der Waals surface area contributed by atoms with Gasteiger partial charge in [0, 0.05) is 41.2 Å². The molecule has 2 heterocycles. The number of amidine groups is 1. The fourth-order valence-electron chi connectivity index (χ4n) is 3.40. The molecule has 21 heavy (non-hydrogen) atoms. The number of nitrogens with one attached hydrogen (secondary N) is 1. The Balaban J connectivity index is 1.57. The first-order chi connectivity index (χ1) is 10.3. The summed E-state index contributed by atoms with van der Waals surface area (Å²) < 4.78 is 0. The monoisotopic (exact) mass is 297 g/mol. The van der Waals surface area contributed by atoms with Crippen molar-refractivity contribution in [1.29, 1.82) is 0 Å². The van der Waals surface area contributed by atoms with E-state index in [1.807, 2.05) is 24.2 Å². The van der Waals surface area contributed by atoms with E-state index in [1.165, 1.54) is 36.8 Å². The van der Waals surface area contributed by atoms with Gasteiger partial charge in [-0.3, -0.25) is 9.98 Å². The third-order valence-corrected chi connectivity index (χ3v) is 5.92. The van der Waals surface area contributed by atoms with E-state index in [0.717, 1.165) is 22.8 Å². The Labute approximate surface area is 129 Å². The summed E-state index contributed by atoms with van der Waals surface area (Å²) in [5, 5.41) is 6.95. The van der Waals surface area contributed by atoms with E-state index in [-0.39, 0.29) is 0 Å². The standard InChI is InChI=1S/C17H19N3S/c1-2-8-17(7-1)11-19-16(21-12-17)20-15-5-3-4-13-10-18-9-6-14(13)15/h3-6,9-10H,1-2,7-8,11-12H2,(H,19,20). The molecule has 0 bridgehead atoms. The summed E-state index contributed by atoms with van der Waals surface area (Å²) in [7, 11) is 0. The molecular formula is C17H19N3S. The lowest BCUT2D eigenvalue weighted by atomic mass is 9.89. The smallest absolute Gasteiger partial charge is 0.161 e. The minimum absolute atomic E-state index is 0.499. The molecule has 1 aromatic carbocycles. The minimum atomic E-state index is 0.499. The van der Waals surface area contributed by atoms with Crippen molar-refractivity contribution in [2.24, 2.45) is 10.4 Å². The summed E-state index contributed by atoms with van der Waals surface area (Å²) in [5.41, 5.74) is 1.63. The van der Waals surface area contributed by atoms with Gasteiger partial charge < -0.3 is 5.32 Å². The predicted molar refractivity (Wildman–Crippen MR) is 91.0 cm³/mol. The second-order valence-electron chi connectivity index (χ2n) is 6.14. The lowest BCUT2D eigenvalue weighted by Crippen LogP contribution is -2.30. The van der Waals surface area contributed by atoms with Crippen molar-refractivity contribution in [3.8, 4) is 0 Å². The zero-order chi connectivity index (χ0) is 14.1. The Morgan fingerprint density at radius 3 is 2.86 bits per heavy atom. The number of anilines is 1. The summed E-state index contributed by atoms with van der Waals surface area (Å²) >= 11 is 1.89. The highest BCUT2D eigenvalue weighted by atomic mass is 32.2. The Bertz CT molecular complexity index is 684. The molecular weight excluding hydrogens is 278 g/mol. The summed E-state index contributed by atoms with van der Waals surface area (Å²) in [4.78, 5) is 9.01. The molecule has 108 valence electrons. The highest BCUT2D eigenvalue weighted by Crippen LogP contribution is 2.43. The second-order valence-corrected chi connectivity index (χ2v) is 7.11. The van der Waals surface area contributed by atoms with Crippen molar-refractivity contribution in [3.63, 3.8) is 0 Å². The summed E-state index contributed by atoms with van der Waals surface area (Å²) in [6.45, 7) is 0.995. The predicted octanol–water partition coefficient (Wildman–Crippen LogP) is 4.31. The van der Waals surface area contributed by atoms with Crippen LogP contribution in [0.25, 0.3) is 10.8 Å². The maximum atomic E-state index is 4.82. The van der Waals surface area contributed by atoms with Crippen molar-refractivity contribution < 1.29 is 0 Å². The van der Waals surface area contributed by atoms with E-state index >= 15 is 0 Å². The SMILES string of the molecule is c1cc(NC2=NCC3(CCCC3)CS2)c2ccncc2c1. The molecule has 1 spiro atoms. The zero-order valence-electron chi connectivity index (χ0n) is 12.0. The van der Waals surface area contributed by atoms with Crippen LogP contribution in [0.2, 0.25) is 0 Å². The van der Waals surface area contributed by atoms with Crippen LogP contribution < -0.4 is 5.32 Å². The topological polar surface area (TPSA) is 37.3 Å². The Morgan fingerprint density at radius 2 is 2.05 bits per heavy atom. The fraction of sp³-hybridized carbons (Fsp3) is 0.412. The first kappa shape index (κ1) is 13.1. The largest absolute Gasteiger partial charge is 0.334 e. The molecule has 1 aromatic heterocycles. The number of hydrogen-bond donors (Lipinski definition) is 1. The Morgan fingerprint density at radius 1 is 1.14 bits per heavy atom. The molecule has 3 nitrogen and oxygen atoms in total. The maximum Gasteiger partial charge on any atom is 0.161 e. The molecule has 1 aliphatic heterocycles. The van der Waals surface area contributed by atoms with Crippen molar-refractivity contribution in [2.45, 2.75) is 25.7 Å². The molecule has 2 aliphatic rings. The normalized spacial score (nSPS) is 20.7. The molecule has 1 saturated carbocycles. The number of fused-ring (bicyclic) bond motifs is 1. The van der Waals surface area contributed by atoms with Gasteiger partial charge in [0.15, 0.2) is 5.17 Å². The van der Waals surface area contributed by atoms with Crippen molar-refractivity contribution >= 4 is 33.4 Å². The molecule has 4 rings (SSSR count). The maximum absolute atomic E-state index is 4.82. The van der Waals surface area contributed by atoms with Gasteiger partial charge in [0.1, 0.15) is 0 Å². The number of rotatable bonds is 1. The fourth-order valence-corrected chi connectivity index (χ4v) is 4.56. The first-order valence-corrected chi connectivity index (χ1v) is 8.60. The summed E-state index contributed by atoms with van der Waals surface area (Å²) in [6.07, 6.45) is 9.23. The number of hydrogen-bond acceptors (Lipinski definition) is 4. The van der Waals surface area contributed by atoms with E-state index in [0.29, 0.717) is 5.41 Å². The van der Waals surface area contributed by atoms with Gasteiger partial charge in [-0.1, -0.05) is 36.7 Å². The van der Waals surface area contributed by atoms with E-state index in [2.05, 4.69) is 34.6 Å². The number of aliphatic imine (C=N–C) groups is 1. The minimum Gasteiger partial charge on any atom is -0.334 e. The van der Waals surface area contributed by atoms with Gasteiger partial charge in [-0.15, -0.1) is 0 Å². The van der Waals surface area contributed by atoms with Gasteiger partial charge >= 0.3 is 0 Å². The number of pyridine rings is 1. The van der Waals surface area contributed by atoms with Crippen LogP contribution >= 0.6 is 11.8 Å². The summed E-state index contributed by atoms with van der Waals surface area (Å²) in [6, 6.07) is 8.34. The van der Waals surface area contributed by atoms with Crippen LogP contribution in [0.3, 0.4) is 0 Å². The van der Waals surface area contributed by atoms with Crippen LogP contribution in [0.1, 0.15) is 25.7 Å². The Hall–Kier alpha value is -1.55. The average Bonchev–Trinajstić information content (AvgIpc) is 2.99. The molecule has 2 aromatic rings.